The predicted molar refractivity (Wildman–Crippen MR) is 105 cm³/mol. The highest BCUT2D eigenvalue weighted by molar-refractivity contribution is 5.31. The Morgan fingerprint density at radius 2 is 1.61 bits per heavy atom. The molecule has 0 bridgehead atoms. The highest BCUT2D eigenvalue weighted by Crippen LogP contribution is 2.30. The second-order valence-electron chi connectivity index (χ2n) is 7.27. The lowest BCUT2D eigenvalue weighted by Crippen LogP contribution is -2.41. The van der Waals surface area contributed by atoms with E-state index >= 15 is 0 Å². The van der Waals surface area contributed by atoms with E-state index in [-0.39, 0.29) is 18.3 Å². The van der Waals surface area contributed by atoms with Crippen LogP contribution in [0.15, 0.2) is 48.5 Å². The van der Waals surface area contributed by atoms with Gasteiger partial charge in [0.1, 0.15) is 30.0 Å². The SMILES string of the molecule is COc1ccc(OCC(O)CN2CCC(C(O)c3ccc(F)cc3)CC2)cc1. The number of hydrogen-bond donors (Lipinski definition) is 2. The number of aliphatic hydroxyl groups excluding tert-OH is 2. The van der Waals surface area contributed by atoms with Gasteiger partial charge >= 0.3 is 0 Å². The van der Waals surface area contributed by atoms with Gasteiger partial charge in [-0.15, -0.1) is 0 Å². The van der Waals surface area contributed by atoms with Crippen molar-refractivity contribution in [1.82, 2.24) is 4.90 Å². The Hall–Kier alpha value is -2.15. The number of aliphatic hydroxyl groups is 2. The van der Waals surface area contributed by atoms with Crippen LogP contribution in [0.5, 0.6) is 11.5 Å². The van der Waals surface area contributed by atoms with E-state index in [1.807, 2.05) is 24.3 Å². The zero-order chi connectivity index (χ0) is 19.9. The van der Waals surface area contributed by atoms with Crippen molar-refractivity contribution in [1.29, 1.82) is 0 Å². The van der Waals surface area contributed by atoms with Gasteiger partial charge in [-0.2, -0.15) is 0 Å². The van der Waals surface area contributed by atoms with Crippen LogP contribution in [0.1, 0.15) is 24.5 Å². The molecular weight excluding hydrogens is 361 g/mol. The molecule has 5 nitrogen and oxygen atoms in total. The molecule has 0 amide bonds. The summed E-state index contributed by atoms with van der Waals surface area (Å²) < 4.78 is 23.8. The number of methoxy groups -OCH3 is 1. The molecule has 0 aromatic heterocycles. The monoisotopic (exact) mass is 389 g/mol. The fourth-order valence-corrected chi connectivity index (χ4v) is 3.60. The van der Waals surface area contributed by atoms with Gasteiger partial charge in [-0.25, -0.2) is 4.39 Å². The normalized spacial score (nSPS) is 17.9. The van der Waals surface area contributed by atoms with E-state index in [9.17, 15) is 14.6 Å². The highest BCUT2D eigenvalue weighted by Gasteiger charge is 2.27. The van der Waals surface area contributed by atoms with Crippen molar-refractivity contribution in [3.63, 3.8) is 0 Å². The maximum atomic E-state index is 13.0. The van der Waals surface area contributed by atoms with Crippen LogP contribution in [0.2, 0.25) is 0 Å². The Labute approximate surface area is 165 Å². The van der Waals surface area contributed by atoms with Crippen molar-refractivity contribution < 1.29 is 24.1 Å². The molecule has 152 valence electrons. The summed E-state index contributed by atoms with van der Waals surface area (Å²) in [5.74, 6) is 1.31. The molecule has 2 atom stereocenters. The maximum absolute atomic E-state index is 13.0. The van der Waals surface area contributed by atoms with Crippen LogP contribution < -0.4 is 9.47 Å². The summed E-state index contributed by atoms with van der Waals surface area (Å²) in [5.41, 5.74) is 0.757. The van der Waals surface area contributed by atoms with Crippen molar-refractivity contribution in [3.05, 3.63) is 59.9 Å². The third-order valence-corrected chi connectivity index (χ3v) is 5.26. The molecule has 6 heteroatoms. The molecule has 2 unspecified atom stereocenters. The number of piperidine rings is 1. The van der Waals surface area contributed by atoms with Crippen LogP contribution in [-0.2, 0) is 0 Å². The Bertz CT molecular complexity index is 714. The number of benzene rings is 2. The van der Waals surface area contributed by atoms with Gasteiger partial charge in [-0.05, 0) is 73.8 Å². The Morgan fingerprint density at radius 3 is 2.21 bits per heavy atom. The van der Waals surface area contributed by atoms with E-state index < -0.39 is 12.2 Å². The molecule has 1 heterocycles. The van der Waals surface area contributed by atoms with E-state index in [0.717, 1.165) is 37.2 Å². The van der Waals surface area contributed by atoms with Gasteiger partial charge in [-0.3, -0.25) is 0 Å². The summed E-state index contributed by atoms with van der Waals surface area (Å²) in [5, 5.41) is 20.8. The molecule has 2 aromatic rings. The number of β-amino-alcohol motifs (C(OH)–C–C–N with tert-alkyl or cyclic N) is 1. The number of ether oxygens (including phenoxy) is 2. The largest absolute Gasteiger partial charge is 0.497 e. The van der Waals surface area contributed by atoms with Crippen LogP contribution >= 0.6 is 0 Å². The van der Waals surface area contributed by atoms with Crippen LogP contribution in [0, 0.1) is 11.7 Å². The quantitative estimate of drug-likeness (QED) is 0.727. The van der Waals surface area contributed by atoms with Crippen molar-refractivity contribution in [2.45, 2.75) is 25.0 Å². The fourth-order valence-electron chi connectivity index (χ4n) is 3.60. The first-order valence-electron chi connectivity index (χ1n) is 9.66. The lowest BCUT2D eigenvalue weighted by Gasteiger charge is -2.35. The van der Waals surface area contributed by atoms with Gasteiger partial charge in [0.2, 0.25) is 0 Å². The van der Waals surface area contributed by atoms with Gasteiger partial charge in [0.15, 0.2) is 0 Å². The second kappa shape index (κ2) is 9.87. The Kier molecular flexibility index (Phi) is 7.25. The number of hydrogen-bond acceptors (Lipinski definition) is 5. The van der Waals surface area contributed by atoms with Crippen molar-refractivity contribution in [3.8, 4) is 11.5 Å². The van der Waals surface area contributed by atoms with Gasteiger partial charge < -0.3 is 24.6 Å². The third kappa shape index (κ3) is 5.67. The number of likely N-dealkylation sites (tertiary alicyclic amines) is 1. The van der Waals surface area contributed by atoms with E-state index in [4.69, 9.17) is 9.47 Å². The molecule has 1 fully saturated rings. The van der Waals surface area contributed by atoms with Gasteiger partial charge in [0.05, 0.1) is 13.2 Å². The molecule has 1 saturated heterocycles. The summed E-state index contributed by atoms with van der Waals surface area (Å²) in [4.78, 5) is 2.19. The van der Waals surface area contributed by atoms with Crippen molar-refractivity contribution in [2.24, 2.45) is 5.92 Å². The standard InChI is InChI=1S/C22H28FNO4/c1-27-20-6-8-21(9-7-20)28-15-19(25)14-24-12-10-17(11-13-24)22(26)16-2-4-18(23)5-3-16/h2-9,17,19,22,25-26H,10-15H2,1H3. The number of nitrogens with zero attached hydrogens (tertiary/aromatic N) is 1. The first kappa shape index (κ1) is 20.6. The van der Waals surface area contributed by atoms with Gasteiger partial charge in [0, 0.05) is 6.54 Å². The molecule has 0 saturated carbocycles. The van der Waals surface area contributed by atoms with Gasteiger partial charge in [0.25, 0.3) is 0 Å². The molecule has 0 radical (unpaired) electrons. The first-order chi connectivity index (χ1) is 13.5. The molecule has 2 aromatic carbocycles. The predicted octanol–water partition coefficient (Wildman–Crippen LogP) is 3.02. The minimum atomic E-state index is -0.583. The summed E-state index contributed by atoms with van der Waals surface area (Å²) in [7, 11) is 1.61. The molecule has 3 rings (SSSR count). The lowest BCUT2D eigenvalue weighted by molar-refractivity contribution is 0.0278. The second-order valence-corrected chi connectivity index (χ2v) is 7.27. The van der Waals surface area contributed by atoms with E-state index in [1.165, 1.54) is 12.1 Å². The van der Waals surface area contributed by atoms with Crippen LogP contribution in [0.4, 0.5) is 4.39 Å². The topological polar surface area (TPSA) is 62.2 Å². The molecule has 28 heavy (non-hydrogen) atoms. The van der Waals surface area contributed by atoms with Crippen LogP contribution in [-0.4, -0.2) is 54.6 Å². The summed E-state index contributed by atoms with van der Waals surface area (Å²) >= 11 is 0. The summed E-state index contributed by atoms with van der Waals surface area (Å²) in [6, 6.07) is 13.3. The van der Waals surface area contributed by atoms with E-state index in [1.54, 1.807) is 19.2 Å². The average Bonchev–Trinajstić information content (AvgIpc) is 2.73. The average molecular weight is 389 g/mol. The maximum Gasteiger partial charge on any atom is 0.123 e. The lowest BCUT2D eigenvalue weighted by atomic mass is 9.87. The summed E-state index contributed by atoms with van der Waals surface area (Å²) in [6.07, 6.45) is 0.515. The Morgan fingerprint density at radius 1 is 1.00 bits per heavy atom. The third-order valence-electron chi connectivity index (χ3n) is 5.26. The first-order valence-corrected chi connectivity index (χ1v) is 9.66. The number of halogens is 1. The molecule has 1 aliphatic rings. The molecule has 2 N–H and O–H groups in total. The molecule has 1 aliphatic heterocycles. The van der Waals surface area contributed by atoms with E-state index in [0.29, 0.717) is 12.3 Å². The number of rotatable bonds is 8. The Balaban J connectivity index is 1.40. The summed E-state index contributed by atoms with van der Waals surface area (Å²) in [6.45, 7) is 2.38. The smallest absolute Gasteiger partial charge is 0.123 e. The van der Waals surface area contributed by atoms with Crippen molar-refractivity contribution >= 4 is 0 Å². The molecular formula is C22H28FNO4. The van der Waals surface area contributed by atoms with Crippen LogP contribution in [0.25, 0.3) is 0 Å². The minimum absolute atomic E-state index is 0.148. The minimum Gasteiger partial charge on any atom is -0.497 e. The van der Waals surface area contributed by atoms with Gasteiger partial charge in [-0.1, -0.05) is 12.1 Å². The fraction of sp³-hybridized carbons (Fsp3) is 0.455. The molecule has 0 spiro atoms. The molecule has 0 aliphatic carbocycles. The zero-order valence-electron chi connectivity index (χ0n) is 16.1. The highest BCUT2D eigenvalue weighted by atomic mass is 19.1. The van der Waals surface area contributed by atoms with E-state index in [2.05, 4.69) is 4.90 Å². The van der Waals surface area contributed by atoms with Crippen LogP contribution in [0.3, 0.4) is 0 Å². The van der Waals surface area contributed by atoms with Crippen molar-refractivity contribution in [2.75, 3.05) is 33.4 Å². The zero-order valence-corrected chi connectivity index (χ0v) is 16.1.